The third-order valence-electron chi connectivity index (χ3n) is 14.3. The first-order valence-electron chi connectivity index (χ1n) is 21.8. The van der Waals surface area contributed by atoms with E-state index < -0.39 is 5.41 Å². The Morgan fingerprint density at radius 3 is 1.24 bits per heavy atom. The molecule has 1 nitrogen and oxygen atoms in total. The molecule has 0 fully saturated rings. The van der Waals surface area contributed by atoms with Crippen LogP contribution in [0, 0.1) is 0 Å². The molecule has 62 heavy (non-hydrogen) atoms. The van der Waals surface area contributed by atoms with Gasteiger partial charge in [-0.15, -0.1) is 0 Å². The monoisotopic (exact) mass is 787 g/mol. The molecule has 290 valence electrons. The third-order valence-corrected chi connectivity index (χ3v) is 14.3. The average Bonchev–Trinajstić information content (AvgIpc) is 3.76. The van der Waals surface area contributed by atoms with Crippen molar-refractivity contribution in [1.82, 2.24) is 4.98 Å². The van der Waals surface area contributed by atoms with E-state index in [1.165, 1.54) is 110 Å². The maximum atomic E-state index is 4.46. The Morgan fingerprint density at radius 2 is 0.742 bits per heavy atom. The first-order valence-corrected chi connectivity index (χ1v) is 21.8. The first kappa shape index (κ1) is 35.2. The summed E-state index contributed by atoms with van der Waals surface area (Å²) in [5, 5.41) is 7.85. The summed E-state index contributed by atoms with van der Waals surface area (Å²) in [5.74, 6) is 0. The quantitative estimate of drug-likeness (QED) is 0.153. The van der Waals surface area contributed by atoms with Crippen molar-refractivity contribution in [3.8, 4) is 55.6 Å². The average molecular weight is 788 g/mol. The first-order chi connectivity index (χ1) is 30.5. The fourth-order valence-corrected chi connectivity index (χ4v) is 11.4. The van der Waals surface area contributed by atoms with E-state index in [0.29, 0.717) is 0 Å². The second-order valence-corrected chi connectivity index (χ2v) is 17.9. The molecular formula is C61H41N. The zero-order chi connectivity index (χ0) is 41.2. The van der Waals surface area contributed by atoms with E-state index in [2.05, 4.69) is 213 Å². The van der Waals surface area contributed by atoms with Crippen LogP contribution in [-0.4, -0.2) is 4.98 Å². The van der Waals surface area contributed by atoms with Crippen molar-refractivity contribution in [2.24, 2.45) is 0 Å². The van der Waals surface area contributed by atoms with Crippen LogP contribution >= 0.6 is 0 Å². The van der Waals surface area contributed by atoms with Gasteiger partial charge in [-0.3, -0.25) is 4.98 Å². The van der Waals surface area contributed by atoms with Crippen molar-refractivity contribution in [2.75, 3.05) is 0 Å². The Hall–Kier alpha value is -7.61. The highest BCUT2D eigenvalue weighted by Crippen LogP contribution is 2.65. The Morgan fingerprint density at radius 1 is 0.323 bits per heavy atom. The molecule has 0 unspecified atom stereocenters. The van der Waals surface area contributed by atoms with Crippen molar-refractivity contribution in [1.29, 1.82) is 0 Å². The minimum Gasteiger partial charge on any atom is -0.264 e. The SMILES string of the molecule is CC1(C)c2cc(-c3ccccc3)cc3c2-c2c1cc(-c1ccccc1)cc2C3(c1ccc(-c2cccnc2)cc1)c1ccc(-c2cc3ccc4cccc5ccc(c2)c3c45)cc1. The number of aromatic nitrogens is 1. The molecule has 0 atom stereocenters. The van der Waals surface area contributed by atoms with E-state index in [1.807, 2.05) is 18.5 Å². The molecule has 0 amide bonds. The van der Waals surface area contributed by atoms with Crippen molar-refractivity contribution < 1.29 is 0 Å². The minimum absolute atomic E-state index is 0.194. The topological polar surface area (TPSA) is 12.9 Å². The summed E-state index contributed by atoms with van der Waals surface area (Å²) in [6.45, 7) is 4.85. The van der Waals surface area contributed by atoms with E-state index in [-0.39, 0.29) is 5.41 Å². The number of hydrogen-bond donors (Lipinski definition) is 0. The maximum absolute atomic E-state index is 4.46. The van der Waals surface area contributed by atoms with Gasteiger partial charge >= 0.3 is 0 Å². The van der Waals surface area contributed by atoms with Crippen LogP contribution in [0.15, 0.2) is 213 Å². The van der Waals surface area contributed by atoms with Gasteiger partial charge < -0.3 is 0 Å². The largest absolute Gasteiger partial charge is 0.264 e. The van der Waals surface area contributed by atoms with Gasteiger partial charge in [0.1, 0.15) is 0 Å². The number of benzene rings is 10. The molecule has 13 rings (SSSR count). The standard InChI is InChI=1S/C61H41N/c1-60(2)52-33-48(38-11-5-3-6-12-38)35-54-58(52)59-53(60)34-49(39-13-7-4-8-14-39)36-55(59)61(54,50-26-22-40(23-27-50)46-17-10-30-62-37-46)51-28-24-41(25-29-51)47-31-44-20-18-42-15-9-16-43-19-21-45(32-47)57(44)56(42)43/h3-37H,1-2H3. The van der Waals surface area contributed by atoms with E-state index >= 15 is 0 Å². The van der Waals surface area contributed by atoms with E-state index in [0.717, 1.165) is 11.1 Å². The highest BCUT2D eigenvalue weighted by molar-refractivity contribution is 6.23. The number of pyridine rings is 1. The van der Waals surface area contributed by atoms with Crippen LogP contribution in [0.5, 0.6) is 0 Å². The lowest BCUT2D eigenvalue weighted by molar-refractivity contribution is 0.652. The molecule has 1 heteroatoms. The van der Waals surface area contributed by atoms with Crippen LogP contribution in [0.1, 0.15) is 47.2 Å². The lowest BCUT2D eigenvalue weighted by Crippen LogP contribution is -2.30. The van der Waals surface area contributed by atoms with Gasteiger partial charge in [0.15, 0.2) is 0 Å². The molecule has 0 saturated carbocycles. The molecule has 11 aromatic rings. The van der Waals surface area contributed by atoms with Crippen LogP contribution in [0.2, 0.25) is 0 Å². The number of rotatable bonds is 6. The highest BCUT2D eigenvalue weighted by Gasteiger charge is 2.53. The van der Waals surface area contributed by atoms with Crippen LogP contribution in [0.3, 0.4) is 0 Å². The molecular weight excluding hydrogens is 747 g/mol. The second kappa shape index (κ2) is 12.9. The van der Waals surface area contributed by atoms with Crippen molar-refractivity contribution in [3.05, 3.63) is 246 Å². The fourth-order valence-electron chi connectivity index (χ4n) is 11.4. The predicted octanol–water partition coefficient (Wildman–Crippen LogP) is 15.6. The lowest BCUT2D eigenvalue weighted by atomic mass is 9.64. The number of nitrogens with zero attached hydrogens (tertiary/aromatic N) is 1. The summed E-state index contributed by atoms with van der Waals surface area (Å²) in [4.78, 5) is 4.46. The van der Waals surface area contributed by atoms with Crippen LogP contribution in [-0.2, 0) is 10.8 Å². The Labute approximate surface area is 362 Å². The normalized spacial score (nSPS) is 14.2. The van der Waals surface area contributed by atoms with Gasteiger partial charge in [0, 0.05) is 17.8 Å². The molecule has 0 aliphatic heterocycles. The Balaban J connectivity index is 1.08. The van der Waals surface area contributed by atoms with Gasteiger partial charge in [-0.05, 0) is 164 Å². The summed E-state index contributed by atoms with van der Waals surface area (Å²) in [6, 6.07) is 75.5. The van der Waals surface area contributed by atoms with Gasteiger partial charge in [-0.25, -0.2) is 0 Å². The second-order valence-electron chi connectivity index (χ2n) is 17.9. The van der Waals surface area contributed by atoms with Gasteiger partial charge in [0.2, 0.25) is 0 Å². The summed E-state index contributed by atoms with van der Waals surface area (Å²) < 4.78 is 0. The number of hydrogen-bond acceptors (Lipinski definition) is 1. The van der Waals surface area contributed by atoms with Crippen molar-refractivity contribution >= 4 is 32.3 Å². The zero-order valence-corrected chi connectivity index (χ0v) is 34.7. The lowest BCUT2D eigenvalue weighted by Gasteiger charge is -2.37. The fraction of sp³-hybridized carbons (Fsp3) is 0.0656. The van der Waals surface area contributed by atoms with Crippen LogP contribution in [0.25, 0.3) is 88.0 Å². The highest BCUT2D eigenvalue weighted by atomic mass is 14.6. The van der Waals surface area contributed by atoms with Gasteiger partial charge in [0.05, 0.1) is 5.41 Å². The van der Waals surface area contributed by atoms with Gasteiger partial charge in [-0.2, -0.15) is 0 Å². The van der Waals surface area contributed by atoms with Crippen LogP contribution in [0.4, 0.5) is 0 Å². The minimum atomic E-state index is -0.598. The van der Waals surface area contributed by atoms with Crippen molar-refractivity contribution in [2.45, 2.75) is 24.7 Å². The van der Waals surface area contributed by atoms with Gasteiger partial charge in [0.25, 0.3) is 0 Å². The smallest absolute Gasteiger partial charge is 0.0714 e. The molecule has 0 spiro atoms. The zero-order valence-electron chi connectivity index (χ0n) is 34.7. The van der Waals surface area contributed by atoms with Crippen LogP contribution < -0.4 is 0 Å². The maximum Gasteiger partial charge on any atom is 0.0714 e. The van der Waals surface area contributed by atoms with Crippen molar-refractivity contribution in [3.63, 3.8) is 0 Å². The van der Waals surface area contributed by atoms with E-state index in [9.17, 15) is 0 Å². The van der Waals surface area contributed by atoms with E-state index in [1.54, 1.807) is 0 Å². The molecule has 0 N–H and O–H groups in total. The van der Waals surface area contributed by atoms with E-state index in [4.69, 9.17) is 0 Å². The predicted molar refractivity (Wildman–Crippen MR) is 259 cm³/mol. The molecule has 0 radical (unpaired) electrons. The molecule has 2 aliphatic rings. The molecule has 10 aromatic carbocycles. The van der Waals surface area contributed by atoms with Gasteiger partial charge in [-0.1, -0.05) is 172 Å². The molecule has 1 heterocycles. The molecule has 2 aliphatic carbocycles. The molecule has 0 bridgehead atoms. The Kier molecular flexibility index (Phi) is 7.35. The summed E-state index contributed by atoms with van der Waals surface area (Å²) in [6.07, 6.45) is 3.80. The summed E-state index contributed by atoms with van der Waals surface area (Å²) in [5.41, 5.74) is 19.7. The summed E-state index contributed by atoms with van der Waals surface area (Å²) in [7, 11) is 0. The molecule has 0 saturated heterocycles. The summed E-state index contributed by atoms with van der Waals surface area (Å²) >= 11 is 0. The third kappa shape index (κ3) is 4.88. The molecule has 1 aromatic heterocycles. The Bertz CT molecular complexity index is 3380.